The normalized spacial score (nSPS) is 21.6. The molecule has 136 valence electrons. The van der Waals surface area contributed by atoms with Crippen LogP contribution >= 0.6 is 0 Å². The quantitative estimate of drug-likeness (QED) is 0.786. The molecule has 2 aromatic rings. The Balaban J connectivity index is 1.38. The van der Waals surface area contributed by atoms with Gasteiger partial charge in [0.05, 0.1) is 6.10 Å². The van der Waals surface area contributed by atoms with Crippen molar-refractivity contribution in [3.05, 3.63) is 53.6 Å². The van der Waals surface area contributed by atoms with Crippen molar-refractivity contribution in [2.75, 3.05) is 17.2 Å². The van der Waals surface area contributed by atoms with Crippen LogP contribution in [0.2, 0.25) is 0 Å². The summed E-state index contributed by atoms with van der Waals surface area (Å²) in [6, 6.07) is 13.1. The number of carbonyl (C=O) groups excluding carboxylic acids is 1. The van der Waals surface area contributed by atoms with Crippen LogP contribution in [0.4, 0.5) is 11.4 Å². The van der Waals surface area contributed by atoms with Crippen LogP contribution in [0.1, 0.15) is 41.6 Å². The minimum Gasteiger partial charge on any atom is -0.488 e. The lowest BCUT2D eigenvalue weighted by Gasteiger charge is -2.28. The third kappa shape index (κ3) is 3.68. The molecule has 1 heterocycles. The van der Waals surface area contributed by atoms with E-state index in [0.29, 0.717) is 5.56 Å². The molecule has 1 aliphatic carbocycles. The Bertz CT molecular complexity index is 788. The van der Waals surface area contributed by atoms with Crippen LogP contribution in [0.5, 0.6) is 5.75 Å². The van der Waals surface area contributed by atoms with E-state index in [9.17, 15) is 9.90 Å². The summed E-state index contributed by atoms with van der Waals surface area (Å²) in [6.07, 6.45) is 4.26. The second-order valence-corrected chi connectivity index (χ2v) is 7.04. The Kier molecular flexibility index (Phi) is 4.80. The van der Waals surface area contributed by atoms with Crippen molar-refractivity contribution in [2.24, 2.45) is 0 Å². The first-order chi connectivity index (χ1) is 12.7. The summed E-state index contributed by atoms with van der Waals surface area (Å²) in [4.78, 5) is 12.5. The molecule has 5 nitrogen and oxygen atoms in total. The predicted octanol–water partition coefficient (Wildman–Crippen LogP) is 3.59. The topological polar surface area (TPSA) is 70.6 Å². The van der Waals surface area contributed by atoms with Crippen molar-refractivity contribution in [2.45, 2.75) is 44.3 Å². The van der Waals surface area contributed by atoms with E-state index in [0.717, 1.165) is 55.8 Å². The first-order valence-electron chi connectivity index (χ1n) is 9.32. The number of benzene rings is 2. The van der Waals surface area contributed by atoms with Crippen LogP contribution in [-0.4, -0.2) is 29.8 Å². The first-order valence-corrected chi connectivity index (χ1v) is 9.32. The Hall–Kier alpha value is -2.53. The number of hydrogen-bond acceptors (Lipinski definition) is 4. The fourth-order valence-electron chi connectivity index (χ4n) is 3.66. The van der Waals surface area contributed by atoms with Crippen LogP contribution in [0.25, 0.3) is 0 Å². The van der Waals surface area contributed by atoms with Gasteiger partial charge in [0.2, 0.25) is 0 Å². The fourth-order valence-corrected chi connectivity index (χ4v) is 3.66. The van der Waals surface area contributed by atoms with E-state index < -0.39 is 6.10 Å². The second-order valence-electron chi connectivity index (χ2n) is 7.04. The van der Waals surface area contributed by atoms with Gasteiger partial charge in [-0.2, -0.15) is 0 Å². The average Bonchev–Trinajstić information content (AvgIpc) is 3.13. The minimum absolute atomic E-state index is 0.115. The number of aliphatic hydroxyl groups excluding tert-OH is 1. The van der Waals surface area contributed by atoms with Gasteiger partial charge in [-0.1, -0.05) is 6.42 Å². The Morgan fingerprint density at radius 3 is 2.73 bits per heavy atom. The number of ether oxygens (including phenoxy) is 1. The molecule has 1 fully saturated rings. The molecule has 2 unspecified atom stereocenters. The number of amides is 1. The van der Waals surface area contributed by atoms with Gasteiger partial charge in [-0.15, -0.1) is 0 Å². The maximum absolute atomic E-state index is 12.5. The van der Waals surface area contributed by atoms with E-state index in [1.807, 2.05) is 42.5 Å². The average molecular weight is 352 g/mol. The Morgan fingerprint density at radius 1 is 1.12 bits per heavy atom. The summed E-state index contributed by atoms with van der Waals surface area (Å²) in [5, 5.41) is 16.2. The van der Waals surface area contributed by atoms with Gasteiger partial charge in [0.25, 0.3) is 5.91 Å². The van der Waals surface area contributed by atoms with Crippen LogP contribution in [0, 0.1) is 0 Å². The highest BCUT2D eigenvalue weighted by Gasteiger charge is 2.24. The molecule has 0 saturated heterocycles. The summed E-state index contributed by atoms with van der Waals surface area (Å²) in [5.74, 6) is 0.605. The van der Waals surface area contributed by atoms with Crippen molar-refractivity contribution in [3.8, 4) is 5.75 Å². The van der Waals surface area contributed by atoms with Crippen molar-refractivity contribution >= 4 is 17.3 Å². The van der Waals surface area contributed by atoms with Gasteiger partial charge in [-0.25, -0.2) is 0 Å². The summed E-state index contributed by atoms with van der Waals surface area (Å²) in [7, 11) is 0. The molecule has 0 spiro atoms. The van der Waals surface area contributed by atoms with Crippen molar-refractivity contribution in [3.63, 3.8) is 0 Å². The molecule has 3 N–H and O–H groups in total. The van der Waals surface area contributed by atoms with Crippen molar-refractivity contribution in [1.82, 2.24) is 0 Å². The first kappa shape index (κ1) is 16.9. The predicted molar refractivity (Wildman–Crippen MR) is 102 cm³/mol. The molecule has 4 rings (SSSR count). The van der Waals surface area contributed by atoms with E-state index in [4.69, 9.17) is 4.74 Å². The lowest BCUT2D eigenvalue weighted by molar-refractivity contribution is 0.00688. The molecule has 1 amide bonds. The van der Waals surface area contributed by atoms with E-state index in [-0.39, 0.29) is 12.0 Å². The third-order valence-corrected chi connectivity index (χ3v) is 5.14. The number of nitrogens with one attached hydrogen (secondary N) is 2. The van der Waals surface area contributed by atoms with Crippen LogP contribution in [0.15, 0.2) is 42.5 Å². The molecular formula is C21H24N2O3. The van der Waals surface area contributed by atoms with Gasteiger partial charge in [0, 0.05) is 23.5 Å². The zero-order valence-electron chi connectivity index (χ0n) is 14.7. The monoisotopic (exact) mass is 352 g/mol. The lowest BCUT2D eigenvalue weighted by atomic mass is 9.95. The maximum atomic E-state index is 12.5. The molecular weight excluding hydrogens is 328 g/mol. The highest BCUT2D eigenvalue weighted by atomic mass is 16.5. The summed E-state index contributed by atoms with van der Waals surface area (Å²) >= 11 is 0. The van der Waals surface area contributed by atoms with E-state index in [1.165, 1.54) is 5.56 Å². The van der Waals surface area contributed by atoms with Gasteiger partial charge in [-0.05, 0) is 73.7 Å². The summed E-state index contributed by atoms with van der Waals surface area (Å²) < 4.78 is 5.89. The number of anilines is 2. The SMILES string of the molecule is O=C(Nc1ccc(OC2CCCCC2O)cc1)c1ccc2c(c1)CCN2. The lowest BCUT2D eigenvalue weighted by Crippen LogP contribution is -2.34. The van der Waals surface area contributed by atoms with Crippen molar-refractivity contribution < 1.29 is 14.6 Å². The highest BCUT2D eigenvalue weighted by molar-refractivity contribution is 6.04. The Morgan fingerprint density at radius 2 is 1.92 bits per heavy atom. The molecule has 5 heteroatoms. The molecule has 1 aliphatic heterocycles. The second kappa shape index (κ2) is 7.38. The van der Waals surface area contributed by atoms with E-state index in [1.54, 1.807) is 0 Å². The number of aliphatic hydroxyl groups is 1. The molecule has 1 saturated carbocycles. The minimum atomic E-state index is -0.391. The number of rotatable bonds is 4. The van der Waals surface area contributed by atoms with Crippen molar-refractivity contribution in [1.29, 1.82) is 0 Å². The number of hydrogen-bond donors (Lipinski definition) is 3. The highest BCUT2D eigenvalue weighted by Crippen LogP contribution is 2.26. The zero-order chi connectivity index (χ0) is 17.9. The smallest absolute Gasteiger partial charge is 0.255 e. The molecule has 0 bridgehead atoms. The number of carbonyl (C=O) groups is 1. The van der Waals surface area contributed by atoms with E-state index in [2.05, 4.69) is 10.6 Å². The van der Waals surface area contributed by atoms with Crippen LogP contribution < -0.4 is 15.4 Å². The molecule has 0 radical (unpaired) electrons. The van der Waals surface area contributed by atoms with Gasteiger partial charge < -0.3 is 20.5 Å². The van der Waals surface area contributed by atoms with Gasteiger partial charge in [-0.3, -0.25) is 4.79 Å². The maximum Gasteiger partial charge on any atom is 0.255 e. The molecule has 2 atom stereocenters. The third-order valence-electron chi connectivity index (χ3n) is 5.14. The van der Waals surface area contributed by atoms with Crippen LogP contribution in [-0.2, 0) is 6.42 Å². The van der Waals surface area contributed by atoms with Gasteiger partial charge >= 0.3 is 0 Å². The molecule has 2 aromatic carbocycles. The summed E-state index contributed by atoms with van der Waals surface area (Å²) in [6.45, 7) is 0.928. The van der Waals surface area contributed by atoms with E-state index >= 15 is 0 Å². The zero-order valence-corrected chi connectivity index (χ0v) is 14.7. The molecule has 26 heavy (non-hydrogen) atoms. The fraction of sp³-hybridized carbons (Fsp3) is 0.381. The van der Waals surface area contributed by atoms with Gasteiger partial charge in [0.1, 0.15) is 11.9 Å². The Labute approximate surface area is 153 Å². The van der Waals surface area contributed by atoms with Gasteiger partial charge in [0.15, 0.2) is 0 Å². The molecule has 2 aliphatic rings. The summed E-state index contributed by atoms with van der Waals surface area (Å²) in [5.41, 5.74) is 3.70. The van der Waals surface area contributed by atoms with Crippen LogP contribution in [0.3, 0.4) is 0 Å². The number of fused-ring (bicyclic) bond motifs is 1. The molecule has 0 aromatic heterocycles. The standard InChI is InChI=1S/C21H24N2O3/c24-19-3-1-2-4-20(19)26-17-8-6-16(7-9-17)23-21(25)15-5-10-18-14(13-15)11-12-22-18/h5-10,13,19-20,22,24H,1-4,11-12H2,(H,23,25). The largest absolute Gasteiger partial charge is 0.488 e.